The van der Waals surface area contributed by atoms with E-state index in [1.807, 2.05) is 19.1 Å². The third-order valence-corrected chi connectivity index (χ3v) is 4.71. The van der Waals surface area contributed by atoms with Crippen LogP contribution in [-0.4, -0.2) is 25.7 Å². The molecule has 5 nitrogen and oxygen atoms in total. The molecule has 0 saturated carbocycles. The number of rotatable bonds is 5. The molecule has 1 aliphatic rings. The number of hydrogen-bond donors (Lipinski definition) is 1. The summed E-state index contributed by atoms with van der Waals surface area (Å²) in [7, 11) is 0. The molecule has 0 aromatic heterocycles. The molecule has 6 heteroatoms. The van der Waals surface area contributed by atoms with Gasteiger partial charge in [0.15, 0.2) is 18.1 Å². The van der Waals surface area contributed by atoms with E-state index in [-0.39, 0.29) is 12.5 Å². The summed E-state index contributed by atoms with van der Waals surface area (Å²) in [6.45, 7) is 7.16. The van der Waals surface area contributed by atoms with Gasteiger partial charge in [-0.3, -0.25) is 4.79 Å². The lowest BCUT2D eigenvalue weighted by atomic mass is 10.0. The molecule has 2 aromatic carbocycles. The molecule has 0 radical (unpaired) electrons. The molecule has 1 amide bonds. The van der Waals surface area contributed by atoms with Crippen molar-refractivity contribution in [2.24, 2.45) is 0 Å². The molecule has 0 unspecified atom stereocenters. The van der Waals surface area contributed by atoms with E-state index in [0.29, 0.717) is 36.3 Å². The first-order chi connectivity index (χ1) is 12.4. The second kappa shape index (κ2) is 7.99. The zero-order valence-electron chi connectivity index (χ0n) is 15.1. The summed E-state index contributed by atoms with van der Waals surface area (Å²) in [5.41, 5.74) is 2.81. The maximum atomic E-state index is 12.3. The van der Waals surface area contributed by atoms with Crippen LogP contribution in [0.2, 0.25) is 0 Å². The molecule has 0 aliphatic carbocycles. The Balaban J connectivity index is 1.68. The SMILES string of the molecule is Cc1ccc(C(C)C)c(OCC(=O)Nc2cc3c(cc2Br)OCCO3)c1. The van der Waals surface area contributed by atoms with Crippen LogP contribution in [-0.2, 0) is 4.79 Å². The standard InChI is InChI=1S/C20H22BrNO4/c1-12(2)14-5-4-13(3)8-17(14)26-11-20(23)22-16-10-19-18(9-15(16)21)24-6-7-25-19/h4-5,8-10,12H,6-7,11H2,1-3H3,(H,22,23). The lowest BCUT2D eigenvalue weighted by Gasteiger charge is -2.20. The van der Waals surface area contributed by atoms with E-state index in [2.05, 4.69) is 41.2 Å². The molecular formula is C20H22BrNO4. The molecule has 1 aliphatic heterocycles. The summed E-state index contributed by atoms with van der Waals surface area (Å²) in [5.74, 6) is 2.12. The van der Waals surface area contributed by atoms with Gasteiger partial charge >= 0.3 is 0 Å². The third-order valence-electron chi connectivity index (χ3n) is 4.06. The van der Waals surface area contributed by atoms with Gasteiger partial charge < -0.3 is 19.5 Å². The molecule has 3 rings (SSSR count). The van der Waals surface area contributed by atoms with Gasteiger partial charge in [0.05, 0.1) is 5.69 Å². The van der Waals surface area contributed by atoms with Gasteiger partial charge in [-0.05, 0) is 46.0 Å². The molecule has 2 aromatic rings. The number of aryl methyl sites for hydroxylation is 1. The van der Waals surface area contributed by atoms with Crippen LogP contribution in [0.15, 0.2) is 34.8 Å². The van der Waals surface area contributed by atoms with Crippen molar-refractivity contribution in [3.05, 3.63) is 45.9 Å². The minimum Gasteiger partial charge on any atom is -0.486 e. The van der Waals surface area contributed by atoms with Gasteiger partial charge in [-0.1, -0.05) is 26.0 Å². The largest absolute Gasteiger partial charge is 0.486 e. The van der Waals surface area contributed by atoms with Gasteiger partial charge in [-0.15, -0.1) is 0 Å². The molecule has 138 valence electrons. The van der Waals surface area contributed by atoms with Crippen molar-refractivity contribution in [2.45, 2.75) is 26.7 Å². The minimum absolute atomic E-state index is 0.0654. The molecule has 0 atom stereocenters. The number of ether oxygens (including phenoxy) is 3. The zero-order valence-corrected chi connectivity index (χ0v) is 16.7. The summed E-state index contributed by atoms with van der Waals surface area (Å²) in [6, 6.07) is 9.60. The van der Waals surface area contributed by atoms with Gasteiger partial charge in [0.2, 0.25) is 0 Å². The maximum absolute atomic E-state index is 12.3. The fraction of sp³-hybridized carbons (Fsp3) is 0.350. The molecule has 0 bridgehead atoms. The highest BCUT2D eigenvalue weighted by Gasteiger charge is 2.17. The van der Waals surface area contributed by atoms with E-state index in [0.717, 1.165) is 21.3 Å². The number of anilines is 1. The van der Waals surface area contributed by atoms with Crippen molar-refractivity contribution >= 4 is 27.5 Å². The number of nitrogens with one attached hydrogen (secondary N) is 1. The quantitative estimate of drug-likeness (QED) is 0.764. The number of halogens is 1. The Labute approximate surface area is 161 Å². The fourth-order valence-electron chi connectivity index (χ4n) is 2.73. The van der Waals surface area contributed by atoms with Gasteiger partial charge in [0, 0.05) is 16.6 Å². The Bertz CT molecular complexity index is 820. The van der Waals surface area contributed by atoms with E-state index in [9.17, 15) is 4.79 Å². The Hall–Kier alpha value is -2.21. The lowest BCUT2D eigenvalue weighted by molar-refractivity contribution is -0.118. The van der Waals surface area contributed by atoms with Crippen molar-refractivity contribution in [3.8, 4) is 17.2 Å². The lowest BCUT2D eigenvalue weighted by Crippen LogP contribution is -2.21. The van der Waals surface area contributed by atoms with Gasteiger partial charge in [-0.2, -0.15) is 0 Å². The summed E-state index contributed by atoms with van der Waals surface area (Å²) in [6.07, 6.45) is 0. The monoisotopic (exact) mass is 419 g/mol. The van der Waals surface area contributed by atoms with E-state index in [1.54, 1.807) is 12.1 Å². The second-order valence-corrected chi connectivity index (χ2v) is 7.36. The predicted octanol–water partition coefficient (Wildman–Crippen LogP) is 4.67. The Morgan fingerprint density at radius 1 is 1.19 bits per heavy atom. The van der Waals surface area contributed by atoms with Crippen LogP contribution in [0.3, 0.4) is 0 Å². The number of carbonyl (C=O) groups is 1. The second-order valence-electron chi connectivity index (χ2n) is 6.51. The number of hydrogen-bond acceptors (Lipinski definition) is 4. The average Bonchev–Trinajstić information content (AvgIpc) is 2.60. The summed E-state index contributed by atoms with van der Waals surface area (Å²) < 4.78 is 17.6. The predicted molar refractivity (Wildman–Crippen MR) is 105 cm³/mol. The van der Waals surface area contributed by atoms with E-state index >= 15 is 0 Å². The van der Waals surface area contributed by atoms with Crippen LogP contribution in [0.1, 0.15) is 30.9 Å². The van der Waals surface area contributed by atoms with Crippen molar-refractivity contribution in [3.63, 3.8) is 0 Å². The Morgan fingerprint density at radius 3 is 2.58 bits per heavy atom. The van der Waals surface area contributed by atoms with Crippen LogP contribution in [0.25, 0.3) is 0 Å². The number of amides is 1. The normalized spacial score (nSPS) is 12.8. The molecule has 0 fully saturated rings. The molecule has 26 heavy (non-hydrogen) atoms. The van der Waals surface area contributed by atoms with Crippen molar-refractivity contribution < 1.29 is 19.0 Å². The maximum Gasteiger partial charge on any atom is 0.262 e. The number of benzene rings is 2. The summed E-state index contributed by atoms with van der Waals surface area (Å²) in [4.78, 5) is 12.3. The Kier molecular flexibility index (Phi) is 5.71. The number of carbonyl (C=O) groups excluding carboxylic acids is 1. The van der Waals surface area contributed by atoms with Crippen LogP contribution in [0, 0.1) is 6.92 Å². The highest BCUT2D eigenvalue weighted by atomic mass is 79.9. The highest BCUT2D eigenvalue weighted by molar-refractivity contribution is 9.10. The zero-order chi connectivity index (χ0) is 18.7. The van der Waals surface area contributed by atoms with Crippen LogP contribution in [0.5, 0.6) is 17.2 Å². The highest BCUT2D eigenvalue weighted by Crippen LogP contribution is 2.38. The van der Waals surface area contributed by atoms with Crippen LogP contribution in [0.4, 0.5) is 5.69 Å². The van der Waals surface area contributed by atoms with Gasteiger partial charge in [0.25, 0.3) is 5.91 Å². The summed E-state index contributed by atoms with van der Waals surface area (Å²) in [5, 5.41) is 2.85. The van der Waals surface area contributed by atoms with Crippen LogP contribution >= 0.6 is 15.9 Å². The first-order valence-corrected chi connectivity index (χ1v) is 9.35. The topological polar surface area (TPSA) is 56.8 Å². The summed E-state index contributed by atoms with van der Waals surface area (Å²) >= 11 is 3.45. The van der Waals surface area contributed by atoms with Gasteiger partial charge in [0.1, 0.15) is 19.0 Å². The molecule has 0 spiro atoms. The third kappa shape index (κ3) is 4.30. The Morgan fingerprint density at radius 2 is 1.88 bits per heavy atom. The van der Waals surface area contributed by atoms with Crippen LogP contribution < -0.4 is 19.5 Å². The van der Waals surface area contributed by atoms with Crippen molar-refractivity contribution in [1.29, 1.82) is 0 Å². The first-order valence-electron chi connectivity index (χ1n) is 8.56. The minimum atomic E-state index is -0.237. The fourth-order valence-corrected chi connectivity index (χ4v) is 3.15. The molecule has 1 heterocycles. The number of fused-ring (bicyclic) bond motifs is 1. The van der Waals surface area contributed by atoms with Crippen molar-refractivity contribution in [2.75, 3.05) is 25.1 Å². The van der Waals surface area contributed by atoms with Crippen molar-refractivity contribution in [1.82, 2.24) is 0 Å². The van der Waals surface area contributed by atoms with E-state index in [1.165, 1.54) is 0 Å². The van der Waals surface area contributed by atoms with Gasteiger partial charge in [-0.25, -0.2) is 0 Å². The average molecular weight is 420 g/mol. The first kappa shape index (κ1) is 18.6. The molecule has 1 N–H and O–H groups in total. The smallest absolute Gasteiger partial charge is 0.262 e. The molecule has 0 saturated heterocycles. The molecular weight excluding hydrogens is 398 g/mol. The van der Waals surface area contributed by atoms with E-state index in [4.69, 9.17) is 14.2 Å². The van der Waals surface area contributed by atoms with E-state index < -0.39 is 0 Å².